The number of anilines is 1. The van der Waals surface area contributed by atoms with Crippen LogP contribution in [0.15, 0.2) is 24.3 Å². The maximum Gasteiger partial charge on any atom is 0.320 e. The third-order valence-electron chi connectivity index (χ3n) is 2.11. The zero-order valence-corrected chi connectivity index (χ0v) is 9.43. The predicted molar refractivity (Wildman–Crippen MR) is 63.2 cm³/mol. The molecule has 1 amide bonds. The van der Waals surface area contributed by atoms with Crippen LogP contribution < -0.4 is 16.6 Å². The Kier molecular flexibility index (Phi) is 4.47. The summed E-state index contributed by atoms with van der Waals surface area (Å²) >= 11 is 0. The molecule has 1 aromatic carbocycles. The first-order valence-electron chi connectivity index (χ1n) is 5.09. The van der Waals surface area contributed by atoms with E-state index in [9.17, 15) is 9.59 Å². The van der Waals surface area contributed by atoms with Gasteiger partial charge in [0.15, 0.2) is 0 Å². The minimum atomic E-state index is -1.02. The SMILES string of the molecule is CC(=O)NNc1ccc(CC(N)C(=O)O)cc1. The van der Waals surface area contributed by atoms with E-state index in [4.69, 9.17) is 10.8 Å². The van der Waals surface area contributed by atoms with E-state index in [1.807, 2.05) is 0 Å². The lowest BCUT2D eigenvalue weighted by Crippen LogP contribution is -2.32. The lowest BCUT2D eigenvalue weighted by Gasteiger charge is -2.09. The van der Waals surface area contributed by atoms with Crippen molar-refractivity contribution in [3.63, 3.8) is 0 Å². The number of nitrogens with two attached hydrogens (primary N) is 1. The monoisotopic (exact) mass is 237 g/mol. The average Bonchev–Trinajstić information content (AvgIpc) is 2.28. The van der Waals surface area contributed by atoms with E-state index in [0.29, 0.717) is 5.69 Å². The Balaban J connectivity index is 2.55. The molecule has 17 heavy (non-hydrogen) atoms. The molecule has 1 rings (SSSR count). The molecule has 0 aromatic heterocycles. The average molecular weight is 237 g/mol. The fraction of sp³-hybridized carbons (Fsp3) is 0.273. The zero-order valence-electron chi connectivity index (χ0n) is 9.43. The molecule has 6 nitrogen and oxygen atoms in total. The number of carbonyl (C=O) groups excluding carboxylic acids is 1. The van der Waals surface area contributed by atoms with Crippen LogP contribution in [0.25, 0.3) is 0 Å². The topological polar surface area (TPSA) is 104 Å². The van der Waals surface area contributed by atoms with Gasteiger partial charge in [0.25, 0.3) is 0 Å². The predicted octanol–water partition coefficient (Wildman–Crippen LogP) is 0.104. The van der Waals surface area contributed by atoms with Crippen LogP contribution in [0, 0.1) is 0 Å². The Bertz CT molecular complexity index is 403. The number of nitrogens with one attached hydrogen (secondary N) is 2. The molecular formula is C11H15N3O3. The molecule has 0 radical (unpaired) electrons. The first kappa shape index (κ1) is 13.0. The van der Waals surface area contributed by atoms with E-state index in [1.165, 1.54) is 6.92 Å². The van der Waals surface area contributed by atoms with Crippen molar-refractivity contribution in [3.05, 3.63) is 29.8 Å². The maximum absolute atomic E-state index is 10.6. The van der Waals surface area contributed by atoms with Crippen molar-refractivity contribution in [3.8, 4) is 0 Å². The summed E-state index contributed by atoms with van der Waals surface area (Å²) in [5, 5.41) is 8.66. The number of hydrazine groups is 1. The van der Waals surface area contributed by atoms with Crippen LogP contribution in [0.5, 0.6) is 0 Å². The molecule has 92 valence electrons. The van der Waals surface area contributed by atoms with Crippen molar-refractivity contribution < 1.29 is 14.7 Å². The summed E-state index contributed by atoms with van der Waals surface area (Å²) < 4.78 is 0. The van der Waals surface area contributed by atoms with Gasteiger partial charge in [0.2, 0.25) is 5.91 Å². The normalized spacial score (nSPS) is 11.6. The lowest BCUT2D eigenvalue weighted by atomic mass is 10.1. The second kappa shape index (κ2) is 5.86. The van der Waals surface area contributed by atoms with Gasteiger partial charge in [-0.15, -0.1) is 0 Å². The van der Waals surface area contributed by atoms with Gasteiger partial charge in [-0.3, -0.25) is 20.4 Å². The molecule has 0 aliphatic heterocycles. The molecule has 0 fully saturated rings. The molecule has 0 spiro atoms. The van der Waals surface area contributed by atoms with Gasteiger partial charge in [-0.05, 0) is 24.1 Å². The number of carboxylic acid groups (broad SMARTS) is 1. The van der Waals surface area contributed by atoms with Gasteiger partial charge >= 0.3 is 5.97 Å². The first-order valence-corrected chi connectivity index (χ1v) is 5.09. The second-order valence-corrected chi connectivity index (χ2v) is 3.65. The van der Waals surface area contributed by atoms with Crippen LogP contribution in [-0.2, 0) is 16.0 Å². The molecule has 1 unspecified atom stereocenters. The highest BCUT2D eigenvalue weighted by atomic mass is 16.4. The zero-order chi connectivity index (χ0) is 12.8. The number of hydrogen-bond acceptors (Lipinski definition) is 4. The number of rotatable bonds is 5. The van der Waals surface area contributed by atoms with Crippen LogP contribution >= 0.6 is 0 Å². The Morgan fingerprint density at radius 2 is 1.94 bits per heavy atom. The summed E-state index contributed by atoms with van der Waals surface area (Å²) in [5.41, 5.74) is 12.1. The van der Waals surface area contributed by atoms with E-state index in [0.717, 1.165) is 5.56 Å². The summed E-state index contributed by atoms with van der Waals surface area (Å²) in [7, 11) is 0. The largest absolute Gasteiger partial charge is 0.480 e. The van der Waals surface area contributed by atoms with Crippen LogP contribution in [0.2, 0.25) is 0 Å². The number of amides is 1. The van der Waals surface area contributed by atoms with Crippen molar-refractivity contribution >= 4 is 17.6 Å². The van der Waals surface area contributed by atoms with E-state index in [-0.39, 0.29) is 12.3 Å². The molecular weight excluding hydrogens is 222 g/mol. The maximum atomic E-state index is 10.6. The first-order chi connectivity index (χ1) is 7.99. The Hall–Kier alpha value is -2.08. The fourth-order valence-corrected chi connectivity index (χ4v) is 1.23. The highest BCUT2D eigenvalue weighted by Crippen LogP contribution is 2.09. The summed E-state index contributed by atoms with van der Waals surface area (Å²) in [6.45, 7) is 1.40. The minimum Gasteiger partial charge on any atom is -0.480 e. The van der Waals surface area contributed by atoms with Gasteiger partial charge in [-0.25, -0.2) is 0 Å². The van der Waals surface area contributed by atoms with Crippen LogP contribution in [0.3, 0.4) is 0 Å². The van der Waals surface area contributed by atoms with E-state index < -0.39 is 12.0 Å². The third-order valence-corrected chi connectivity index (χ3v) is 2.11. The second-order valence-electron chi connectivity index (χ2n) is 3.65. The van der Waals surface area contributed by atoms with Crippen molar-refractivity contribution in [1.29, 1.82) is 0 Å². The van der Waals surface area contributed by atoms with Crippen LogP contribution in [0.1, 0.15) is 12.5 Å². The molecule has 0 aliphatic carbocycles. The molecule has 0 saturated heterocycles. The molecule has 6 heteroatoms. The van der Waals surface area contributed by atoms with E-state index in [1.54, 1.807) is 24.3 Å². The molecule has 1 aromatic rings. The summed E-state index contributed by atoms with van der Waals surface area (Å²) in [6.07, 6.45) is 0.274. The van der Waals surface area contributed by atoms with Gasteiger partial charge in [0.05, 0.1) is 5.69 Å². The number of carboxylic acids is 1. The van der Waals surface area contributed by atoms with Crippen molar-refractivity contribution in [2.45, 2.75) is 19.4 Å². The molecule has 0 saturated carbocycles. The van der Waals surface area contributed by atoms with Gasteiger partial charge in [0, 0.05) is 6.92 Å². The lowest BCUT2D eigenvalue weighted by molar-refractivity contribution is -0.138. The minimum absolute atomic E-state index is 0.193. The van der Waals surface area contributed by atoms with Gasteiger partial charge in [-0.2, -0.15) is 0 Å². The Labute approximate surface area is 98.8 Å². The third kappa shape index (κ3) is 4.52. The fourth-order valence-electron chi connectivity index (χ4n) is 1.23. The number of benzene rings is 1. The standard InChI is InChI=1S/C11H15N3O3/c1-7(15)13-14-9-4-2-8(3-5-9)6-10(12)11(16)17/h2-5,10,14H,6,12H2,1H3,(H,13,15)(H,16,17). The van der Waals surface area contributed by atoms with Crippen molar-refractivity contribution in [2.24, 2.45) is 5.73 Å². The Morgan fingerprint density at radius 3 is 2.41 bits per heavy atom. The van der Waals surface area contributed by atoms with Crippen LogP contribution in [0.4, 0.5) is 5.69 Å². The van der Waals surface area contributed by atoms with Gasteiger partial charge in [-0.1, -0.05) is 12.1 Å². The van der Waals surface area contributed by atoms with Gasteiger partial charge in [0.1, 0.15) is 6.04 Å². The molecule has 0 aliphatic rings. The highest BCUT2D eigenvalue weighted by molar-refractivity contribution is 5.74. The highest BCUT2D eigenvalue weighted by Gasteiger charge is 2.11. The van der Waals surface area contributed by atoms with Crippen molar-refractivity contribution in [2.75, 3.05) is 5.43 Å². The van der Waals surface area contributed by atoms with E-state index >= 15 is 0 Å². The molecule has 0 bridgehead atoms. The molecule has 0 heterocycles. The molecule has 5 N–H and O–H groups in total. The van der Waals surface area contributed by atoms with E-state index in [2.05, 4.69) is 10.9 Å². The Morgan fingerprint density at radius 1 is 1.35 bits per heavy atom. The summed E-state index contributed by atoms with van der Waals surface area (Å²) in [6, 6.07) is 6.09. The van der Waals surface area contributed by atoms with Gasteiger partial charge < -0.3 is 10.8 Å². The number of carbonyl (C=O) groups is 2. The number of aliphatic carboxylic acids is 1. The smallest absolute Gasteiger partial charge is 0.320 e. The quantitative estimate of drug-likeness (QED) is 0.544. The van der Waals surface area contributed by atoms with Crippen LogP contribution in [-0.4, -0.2) is 23.0 Å². The summed E-state index contributed by atoms with van der Waals surface area (Å²) in [5.74, 6) is -1.22. The van der Waals surface area contributed by atoms with Crippen molar-refractivity contribution in [1.82, 2.24) is 5.43 Å². The molecule has 1 atom stereocenters. The number of hydrogen-bond donors (Lipinski definition) is 4. The summed E-state index contributed by atoms with van der Waals surface area (Å²) in [4.78, 5) is 21.2.